The van der Waals surface area contributed by atoms with Crippen molar-refractivity contribution < 1.29 is 0 Å². The monoisotopic (exact) mass is 985 g/mol. The summed E-state index contributed by atoms with van der Waals surface area (Å²) in [7, 11) is 0. The minimum Gasteiger partial charge on any atom is -0.310 e. The highest BCUT2D eigenvalue weighted by Crippen LogP contribution is 2.66. The Morgan fingerprint density at radius 1 is 0.400 bits per heavy atom. The van der Waals surface area contributed by atoms with E-state index in [2.05, 4.69) is 183 Å². The molecular weight excluding hydrogens is 904 g/mol. The van der Waals surface area contributed by atoms with Crippen molar-refractivity contribution in [2.24, 2.45) is 35.5 Å². The lowest BCUT2D eigenvalue weighted by Gasteiger charge is -2.59. The molecular formula is C72H81BN2. The van der Waals surface area contributed by atoms with Crippen LogP contribution >= 0.6 is 0 Å². The second-order valence-electron chi connectivity index (χ2n) is 31.5. The molecule has 2 aromatic heterocycles. The molecule has 2 aliphatic heterocycles. The molecule has 10 aliphatic rings. The Morgan fingerprint density at radius 2 is 0.747 bits per heavy atom. The lowest BCUT2D eigenvalue weighted by molar-refractivity contribution is -0.00783. The van der Waals surface area contributed by atoms with Crippen LogP contribution in [0.15, 0.2) is 91.0 Å². The summed E-state index contributed by atoms with van der Waals surface area (Å²) in [6, 6.07) is 39.3. The van der Waals surface area contributed by atoms with Gasteiger partial charge in [-0.15, -0.1) is 0 Å². The van der Waals surface area contributed by atoms with Crippen LogP contribution in [-0.4, -0.2) is 15.8 Å². The fourth-order valence-electron chi connectivity index (χ4n) is 19.6. The second kappa shape index (κ2) is 14.6. The topological polar surface area (TPSA) is 9.86 Å². The number of rotatable bonds is 3. The molecule has 0 saturated heterocycles. The summed E-state index contributed by atoms with van der Waals surface area (Å²) < 4.78 is 5.63. The van der Waals surface area contributed by atoms with E-state index in [4.69, 9.17) is 0 Å². The molecule has 382 valence electrons. The molecule has 8 fully saturated rings. The maximum absolute atomic E-state index is 2.81. The van der Waals surface area contributed by atoms with Crippen LogP contribution in [0.5, 0.6) is 0 Å². The molecule has 8 saturated carbocycles. The molecule has 2 nitrogen and oxygen atoms in total. The number of hydrogen-bond donors (Lipinski definition) is 0. The van der Waals surface area contributed by atoms with Crippen LogP contribution in [0.4, 0.5) is 0 Å². The van der Waals surface area contributed by atoms with E-state index in [-0.39, 0.29) is 39.2 Å². The molecule has 6 aromatic carbocycles. The zero-order chi connectivity index (χ0) is 51.4. The Labute approximate surface area is 448 Å². The van der Waals surface area contributed by atoms with E-state index < -0.39 is 0 Å². The third-order valence-electron chi connectivity index (χ3n) is 22.3. The molecule has 18 rings (SSSR count). The molecule has 0 unspecified atom stereocenters. The van der Waals surface area contributed by atoms with Gasteiger partial charge in [-0.1, -0.05) is 126 Å². The predicted octanol–water partition coefficient (Wildman–Crippen LogP) is 16.8. The lowest BCUT2D eigenvalue weighted by atomic mass is 9.33. The molecule has 8 bridgehead atoms. The minimum absolute atomic E-state index is 0.0298. The van der Waals surface area contributed by atoms with E-state index in [1.807, 2.05) is 0 Å². The number of aromatic nitrogens is 2. The van der Waals surface area contributed by atoms with E-state index in [0.29, 0.717) is 0 Å². The average molecular weight is 985 g/mol. The molecule has 3 heteroatoms. The molecule has 0 N–H and O–H groups in total. The van der Waals surface area contributed by atoms with Crippen molar-refractivity contribution in [1.29, 1.82) is 0 Å². The van der Waals surface area contributed by atoms with Crippen molar-refractivity contribution in [2.45, 2.75) is 193 Å². The van der Waals surface area contributed by atoms with Crippen molar-refractivity contribution in [3.05, 3.63) is 124 Å². The summed E-state index contributed by atoms with van der Waals surface area (Å²) in [6.45, 7) is 29.0. The molecule has 8 aliphatic carbocycles. The smallest absolute Gasteiger partial charge is 0.252 e. The van der Waals surface area contributed by atoms with E-state index >= 15 is 0 Å². The first kappa shape index (κ1) is 46.1. The summed E-state index contributed by atoms with van der Waals surface area (Å²) >= 11 is 0. The third-order valence-corrected chi connectivity index (χ3v) is 22.3. The fraction of sp³-hybridized carbons (Fsp3) is 0.500. The number of benzene rings is 6. The van der Waals surface area contributed by atoms with Crippen molar-refractivity contribution >= 4 is 66.7 Å². The number of fused-ring (bicyclic) bond motifs is 10. The Balaban J connectivity index is 1.08. The van der Waals surface area contributed by atoms with Gasteiger partial charge in [0.05, 0.1) is 11.0 Å². The van der Waals surface area contributed by atoms with Gasteiger partial charge in [-0.05, 0) is 254 Å². The molecule has 0 radical (unpaired) electrons. The van der Waals surface area contributed by atoms with E-state index in [1.165, 1.54) is 176 Å². The lowest BCUT2D eigenvalue weighted by Crippen LogP contribution is -2.59. The standard InChI is InChI=1S/C72H81BN2/c1-67(2,3)47-16-18-59-51(28-47)53-30-49(69(7,8)9)32-57-65(53)74(59)61-26-46(27-62-64(61)73(57)58-33-50(70(10,11)12)31-54-52-29-48(68(4,5)6)17-19-60(52)75(62)66(54)58)63-55(71-34-40-20-41(35-71)22-42(21-40)36-71)14-13-15-56(63)72-37-43-23-44(38-72)25-45(24-43)39-72/h13-19,26-33,40-45H,20-25,34-39H2,1-12H3. The van der Waals surface area contributed by atoms with Crippen LogP contribution in [0.25, 0.3) is 66.1 Å². The van der Waals surface area contributed by atoms with Crippen LogP contribution in [0, 0.1) is 35.5 Å². The summed E-state index contributed by atoms with van der Waals surface area (Å²) in [6.07, 6.45) is 17.2. The first-order valence-corrected chi connectivity index (χ1v) is 30.1. The highest BCUT2D eigenvalue weighted by Gasteiger charge is 2.56. The van der Waals surface area contributed by atoms with Gasteiger partial charge in [0, 0.05) is 44.0 Å². The molecule has 8 aromatic rings. The molecule has 75 heavy (non-hydrogen) atoms. The second-order valence-corrected chi connectivity index (χ2v) is 31.5. The average Bonchev–Trinajstić information content (AvgIpc) is 4.12. The van der Waals surface area contributed by atoms with Gasteiger partial charge < -0.3 is 9.13 Å². The van der Waals surface area contributed by atoms with Crippen LogP contribution < -0.4 is 16.4 Å². The summed E-state index contributed by atoms with van der Waals surface area (Å²) in [4.78, 5) is 0. The summed E-state index contributed by atoms with van der Waals surface area (Å²) in [5.41, 5.74) is 25.7. The van der Waals surface area contributed by atoms with Gasteiger partial charge >= 0.3 is 0 Å². The first-order valence-electron chi connectivity index (χ1n) is 30.1. The molecule has 4 heterocycles. The van der Waals surface area contributed by atoms with E-state index in [9.17, 15) is 0 Å². The van der Waals surface area contributed by atoms with Crippen LogP contribution in [0.1, 0.15) is 194 Å². The third kappa shape index (κ3) is 6.34. The van der Waals surface area contributed by atoms with Crippen LogP contribution in [0.3, 0.4) is 0 Å². The fourth-order valence-corrected chi connectivity index (χ4v) is 19.6. The summed E-state index contributed by atoms with van der Waals surface area (Å²) in [5.74, 6) is 5.32. The van der Waals surface area contributed by atoms with Crippen molar-refractivity contribution in [3.63, 3.8) is 0 Å². The quantitative estimate of drug-likeness (QED) is 0.156. The zero-order valence-electron chi connectivity index (χ0n) is 47.6. The first-order chi connectivity index (χ1) is 35.5. The molecule has 0 atom stereocenters. The van der Waals surface area contributed by atoms with Gasteiger partial charge in [-0.3, -0.25) is 0 Å². The molecule has 0 spiro atoms. The van der Waals surface area contributed by atoms with Gasteiger partial charge in [0.25, 0.3) is 6.71 Å². The Bertz CT molecular complexity index is 3520. The van der Waals surface area contributed by atoms with E-state index in [0.717, 1.165) is 35.5 Å². The Morgan fingerprint density at radius 3 is 1.09 bits per heavy atom. The van der Waals surface area contributed by atoms with Gasteiger partial charge in [0.2, 0.25) is 0 Å². The highest BCUT2D eigenvalue weighted by atomic mass is 15.0. The normalized spacial score (nSPS) is 28.2. The van der Waals surface area contributed by atoms with Gasteiger partial charge in [-0.25, -0.2) is 0 Å². The Kier molecular flexibility index (Phi) is 8.95. The van der Waals surface area contributed by atoms with Crippen molar-refractivity contribution in [1.82, 2.24) is 9.13 Å². The number of nitrogens with zero attached hydrogens (tertiary/aromatic N) is 2. The van der Waals surface area contributed by atoms with E-state index in [1.54, 1.807) is 16.7 Å². The Hall–Kier alpha value is -5.02. The van der Waals surface area contributed by atoms with Crippen LogP contribution in [-0.2, 0) is 32.5 Å². The largest absolute Gasteiger partial charge is 0.310 e. The highest BCUT2D eigenvalue weighted by molar-refractivity contribution is 7.00. The minimum atomic E-state index is -0.0299. The van der Waals surface area contributed by atoms with Gasteiger partial charge in [0.1, 0.15) is 0 Å². The van der Waals surface area contributed by atoms with Gasteiger partial charge in [0.15, 0.2) is 0 Å². The molecule has 0 amide bonds. The SMILES string of the molecule is CC(C)(C)c1ccc2c(c1)c1cc(C(C)(C)C)cc3c1n2-c1cc(-c2c(C45CC6CC(CC(C6)C4)C5)cccc2C24CC5CC(CC(C5)C2)C4)cc2c1B3c1cc(C(C)(C)C)cc3c4cc(C(C)(C)C)ccc4n-2c13. The van der Waals surface area contributed by atoms with Crippen molar-refractivity contribution in [2.75, 3.05) is 0 Å². The number of hydrogen-bond acceptors (Lipinski definition) is 0. The maximum Gasteiger partial charge on any atom is 0.252 e. The zero-order valence-corrected chi connectivity index (χ0v) is 47.6. The predicted molar refractivity (Wildman–Crippen MR) is 320 cm³/mol. The van der Waals surface area contributed by atoms with Crippen LogP contribution in [0.2, 0.25) is 0 Å². The van der Waals surface area contributed by atoms with Gasteiger partial charge in [-0.2, -0.15) is 0 Å². The van der Waals surface area contributed by atoms with Crippen molar-refractivity contribution in [3.8, 4) is 22.5 Å². The summed E-state index contributed by atoms with van der Waals surface area (Å²) in [5, 5.41) is 5.64. The maximum atomic E-state index is 2.81.